The number of amides is 7. The first-order chi connectivity index (χ1) is 46.1. The smallest absolute Gasteiger partial charge is 0.260 e. The van der Waals surface area contributed by atoms with Gasteiger partial charge in [-0.3, -0.25) is 48.4 Å². The Morgan fingerprint density at radius 2 is 1.25 bits per heavy atom. The number of nitrogens with zero attached hydrogens (tertiary/aromatic N) is 6. The maximum Gasteiger partial charge on any atom is 0.260 e. The number of carbonyl (C=O) groups is 7. The Bertz CT molecular complexity index is 3910. The molecular formula is C75H83N9O11. The van der Waals surface area contributed by atoms with E-state index in [0.717, 1.165) is 60.2 Å². The van der Waals surface area contributed by atoms with E-state index in [9.17, 15) is 33.6 Å². The Morgan fingerprint density at radius 3 is 1.85 bits per heavy atom. The first kappa shape index (κ1) is 66.3. The average Bonchev–Trinajstić information content (AvgIpc) is 1.66. The van der Waals surface area contributed by atoms with Gasteiger partial charge in [0.1, 0.15) is 12.1 Å². The lowest BCUT2D eigenvalue weighted by atomic mass is 9.95. The largest absolute Gasteiger partial charge is 0.493 e. The maximum absolute atomic E-state index is 14.2. The average molecular weight is 1290 g/mol. The quantitative estimate of drug-likeness (QED) is 0.0338. The van der Waals surface area contributed by atoms with E-state index in [-0.39, 0.29) is 80.1 Å². The maximum atomic E-state index is 14.2. The predicted molar refractivity (Wildman–Crippen MR) is 368 cm³/mol. The molecule has 20 nitrogen and oxygen atoms in total. The van der Waals surface area contributed by atoms with Crippen molar-refractivity contribution in [3.63, 3.8) is 0 Å². The van der Waals surface area contributed by atoms with Crippen molar-refractivity contribution in [1.29, 1.82) is 0 Å². The lowest BCUT2D eigenvalue weighted by Crippen LogP contribution is -2.53. The van der Waals surface area contributed by atoms with E-state index in [1.54, 1.807) is 66.4 Å². The number of hydrogen-bond acceptors (Lipinski definition) is 14. The Hall–Kier alpha value is -10.1. The van der Waals surface area contributed by atoms with Crippen LogP contribution in [0.3, 0.4) is 0 Å². The second-order valence-electron chi connectivity index (χ2n) is 25.1. The summed E-state index contributed by atoms with van der Waals surface area (Å²) in [4.78, 5) is 111. The number of benzene rings is 4. The van der Waals surface area contributed by atoms with Gasteiger partial charge in [0.15, 0.2) is 23.0 Å². The Labute approximate surface area is 554 Å². The summed E-state index contributed by atoms with van der Waals surface area (Å²) in [7, 11) is 3.06. The van der Waals surface area contributed by atoms with E-state index in [1.165, 1.54) is 23.3 Å². The highest BCUT2D eigenvalue weighted by molar-refractivity contribution is 6.07. The van der Waals surface area contributed by atoms with Crippen molar-refractivity contribution in [2.24, 2.45) is 21.8 Å². The highest BCUT2D eigenvalue weighted by Gasteiger charge is 2.40. The zero-order valence-electron chi connectivity index (χ0n) is 54.8. The Kier molecular flexibility index (Phi) is 21.2. The van der Waals surface area contributed by atoms with E-state index in [1.807, 2.05) is 87.1 Å². The molecule has 20 heteroatoms. The number of aliphatic imine (C=N–C) groups is 2. The summed E-state index contributed by atoms with van der Waals surface area (Å²) >= 11 is 0. The van der Waals surface area contributed by atoms with Crippen LogP contribution in [0.15, 0.2) is 155 Å². The van der Waals surface area contributed by atoms with Gasteiger partial charge in [0, 0.05) is 100 Å². The predicted octanol–water partition coefficient (Wildman–Crippen LogP) is 11.6. The van der Waals surface area contributed by atoms with Crippen molar-refractivity contribution < 1.29 is 52.5 Å². The van der Waals surface area contributed by atoms with E-state index in [4.69, 9.17) is 28.9 Å². The first-order valence-corrected chi connectivity index (χ1v) is 33.0. The molecule has 6 heterocycles. The number of ether oxygens (including phenoxy) is 4. The fraction of sp³-hybridized carbons (Fsp3) is 0.373. The van der Waals surface area contributed by atoms with Gasteiger partial charge in [-0.2, -0.15) is 0 Å². The SMILES string of the molecule is C/C=C1/CCCN(c2ccc(C3=CN4C(=O)c5cc(OC)c(OCCCOc6cc7c(cc6OC)C(=O)N6C=C(c8ccc(NC(=O)[C@H](C)NC(=O)C(NC(=O)CCCCCN9C(=O)CC(C%10=C/C=C\C=C/C=C\%10)C9=O)C(C)C)cc8)C[C@H]6C=N7)cc5N=C[C@@H]4C3)cc2)CC1. The number of unbranched alkanes of at least 4 members (excludes halogenated alkanes) is 2. The Morgan fingerprint density at radius 1 is 0.653 bits per heavy atom. The minimum absolute atomic E-state index is 0.133. The fourth-order valence-electron chi connectivity index (χ4n) is 12.9. The Balaban J connectivity index is 0.619. The van der Waals surface area contributed by atoms with Crippen molar-refractivity contribution in [2.75, 3.05) is 57.3 Å². The molecule has 2 unspecified atom stereocenters. The van der Waals surface area contributed by atoms with E-state index >= 15 is 0 Å². The number of carbonyl (C=O) groups excluding carboxylic acids is 7. The number of likely N-dealkylation sites (tertiary alicyclic amines) is 1. The summed E-state index contributed by atoms with van der Waals surface area (Å²) in [5.74, 6) is -1.22. The van der Waals surface area contributed by atoms with Crippen molar-refractivity contribution in [3.8, 4) is 23.0 Å². The molecule has 6 aliphatic heterocycles. The van der Waals surface area contributed by atoms with Gasteiger partial charge in [0.2, 0.25) is 29.5 Å². The second kappa shape index (κ2) is 30.3. The van der Waals surface area contributed by atoms with Gasteiger partial charge in [-0.25, -0.2) is 0 Å². The van der Waals surface area contributed by atoms with Crippen LogP contribution >= 0.6 is 0 Å². The summed E-state index contributed by atoms with van der Waals surface area (Å²) < 4.78 is 23.9. The number of rotatable bonds is 24. The summed E-state index contributed by atoms with van der Waals surface area (Å²) in [5.41, 5.74) is 9.66. The van der Waals surface area contributed by atoms with Crippen LogP contribution in [-0.4, -0.2) is 140 Å². The topological polar surface area (TPSA) is 230 Å². The molecule has 0 radical (unpaired) electrons. The number of nitrogens with one attached hydrogen (secondary N) is 3. The van der Waals surface area contributed by atoms with Crippen LogP contribution < -0.4 is 39.8 Å². The molecule has 1 aliphatic carbocycles. The van der Waals surface area contributed by atoms with Crippen LogP contribution in [-0.2, 0) is 24.0 Å². The monoisotopic (exact) mass is 1290 g/mol. The molecule has 95 heavy (non-hydrogen) atoms. The minimum Gasteiger partial charge on any atom is -0.493 e. The van der Waals surface area contributed by atoms with Crippen LogP contribution in [0.4, 0.5) is 22.7 Å². The normalized spacial score (nSPS) is 21.5. The van der Waals surface area contributed by atoms with Gasteiger partial charge in [-0.05, 0) is 116 Å². The zero-order chi connectivity index (χ0) is 66.7. The lowest BCUT2D eigenvalue weighted by molar-refractivity contribution is -0.139. The molecule has 11 rings (SSSR count). The summed E-state index contributed by atoms with van der Waals surface area (Å²) in [6, 6.07) is 20.3. The van der Waals surface area contributed by atoms with Crippen LogP contribution in [0.2, 0.25) is 0 Å². The molecular weight excluding hydrogens is 1200 g/mol. The van der Waals surface area contributed by atoms with Crippen LogP contribution in [0, 0.1) is 11.8 Å². The van der Waals surface area contributed by atoms with Crippen molar-refractivity contribution in [2.45, 2.75) is 122 Å². The molecule has 2 fully saturated rings. The van der Waals surface area contributed by atoms with Crippen molar-refractivity contribution >= 4 is 87.7 Å². The molecule has 7 aliphatic rings. The number of hydrogen-bond donors (Lipinski definition) is 3. The molecule has 3 N–H and O–H groups in total. The van der Waals surface area contributed by atoms with Gasteiger partial charge in [0.05, 0.1) is 67.9 Å². The molecule has 0 bridgehead atoms. The lowest BCUT2D eigenvalue weighted by Gasteiger charge is -2.24. The number of methoxy groups -OCH3 is 2. The van der Waals surface area contributed by atoms with E-state index < -0.39 is 29.8 Å². The summed E-state index contributed by atoms with van der Waals surface area (Å²) in [6.45, 7) is 10.2. The van der Waals surface area contributed by atoms with Crippen LogP contribution in [0.25, 0.3) is 11.1 Å². The third-order valence-electron chi connectivity index (χ3n) is 18.4. The van der Waals surface area contributed by atoms with Crippen LogP contribution in [0.5, 0.6) is 23.0 Å². The van der Waals surface area contributed by atoms with Crippen molar-refractivity contribution in [1.82, 2.24) is 25.3 Å². The number of anilines is 2. The standard InChI is InChI=1S/C75H83N9O11/c1-7-49-18-16-31-81(33-30-49)56-28-24-51(25-29-56)54-37-58-44-77-63-42-67(65(93-6)39-61(63)75(91)84(58)46-54)95-35-17-34-94-66-41-62-60(38-64(66)92-5)74(90)83-45-53(36-57(83)43-76-62)50-22-26-55(27-23-50)79-71(87)48(4)78-72(88)70(47(2)3)80-68(85)21-14-11-15-32-82-69(86)40-59(73(82)89)52-19-12-9-8-10-13-20-52/h7-10,12-13,19-20,22-29,38-39,41-48,57-59,70H,11,14-18,21,30-37,40H2,1-6H3,(H,78,88)(H,79,87)(H,80,85)/b9-8-,10-8?,12-9?,13-10-,19-12-,20-13?,49-7-,52-19?,52-20+/t48-,57-,58-,59?,70?/m0/s1. The second-order valence-corrected chi connectivity index (χ2v) is 25.1. The van der Waals surface area contributed by atoms with Crippen LogP contribution in [0.1, 0.15) is 130 Å². The van der Waals surface area contributed by atoms with Gasteiger partial charge in [-0.15, -0.1) is 0 Å². The zero-order valence-corrected chi connectivity index (χ0v) is 54.8. The summed E-state index contributed by atoms with van der Waals surface area (Å²) in [5, 5.41) is 8.43. The first-order valence-electron chi connectivity index (χ1n) is 33.0. The van der Waals surface area contributed by atoms with Crippen molar-refractivity contribution in [3.05, 3.63) is 167 Å². The van der Waals surface area contributed by atoms with Gasteiger partial charge >= 0.3 is 0 Å². The molecule has 5 atom stereocenters. The number of allylic oxidation sites excluding steroid dienone is 8. The van der Waals surface area contributed by atoms with E-state index in [0.29, 0.717) is 89.7 Å². The van der Waals surface area contributed by atoms with Gasteiger partial charge < -0.3 is 49.6 Å². The highest BCUT2D eigenvalue weighted by Crippen LogP contribution is 2.43. The minimum atomic E-state index is -0.937. The molecule has 7 amide bonds. The molecule has 0 saturated carbocycles. The number of fused-ring (bicyclic) bond motifs is 4. The molecule has 2 saturated heterocycles. The third kappa shape index (κ3) is 15.4. The highest BCUT2D eigenvalue weighted by atomic mass is 16.5. The summed E-state index contributed by atoms with van der Waals surface area (Å²) in [6.07, 6.45) is 29.6. The van der Waals surface area contributed by atoms with Gasteiger partial charge in [0.25, 0.3) is 11.8 Å². The number of imide groups is 1. The van der Waals surface area contributed by atoms with Gasteiger partial charge in [-0.1, -0.05) is 98.7 Å². The molecule has 4 aromatic carbocycles. The third-order valence-corrected chi connectivity index (χ3v) is 18.4. The molecule has 4 aromatic rings. The molecule has 494 valence electrons. The van der Waals surface area contributed by atoms with E-state index in [2.05, 4.69) is 58.1 Å². The fourth-order valence-corrected chi connectivity index (χ4v) is 12.9. The molecule has 0 spiro atoms. The molecule has 0 aromatic heterocycles.